The van der Waals surface area contributed by atoms with E-state index in [2.05, 4.69) is 0 Å². The van der Waals surface area contributed by atoms with Crippen LogP contribution in [0, 0.1) is 0 Å². The van der Waals surface area contributed by atoms with E-state index in [0.717, 1.165) is 19.3 Å². The third kappa shape index (κ3) is 3.10. The summed E-state index contributed by atoms with van der Waals surface area (Å²) in [6.45, 7) is 2.55. The molecule has 20 heavy (non-hydrogen) atoms. The maximum Gasteiger partial charge on any atom is 0.243 e. The number of methoxy groups -OCH3 is 1. The average molecular weight is 318 g/mol. The highest BCUT2D eigenvalue weighted by atomic mass is 35.5. The summed E-state index contributed by atoms with van der Waals surface area (Å²) in [6, 6.07) is 5.05. The van der Waals surface area contributed by atoms with Crippen molar-refractivity contribution in [3.8, 4) is 5.75 Å². The lowest BCUT2D eigenvalue weighted by Crippen LogP contribution is -2.33. The van der Waals surface area contributed by atoms with Crippen LogP contribution in [0.1, 0.15) is 31.7 Å². The van der Waals surface area contributed by atoms with Crippen LogP contribution in [0.25, 0.3) is 0 Å². The molecule has 1 aromatic carbocycles. The highest BCUT2D eigenvalue weighted by molar-refractivity contribution is 7.89. The summed E-state index contributed by atoms with van der Waals surface area (Å²) >= 11 is 5.86. The molecule has 2 rings (SSSR count). The first kappa shape index (κ1) is 15.6. The number of nitrogens with zero attached hydrogens (tertiary/aromatic N) is 1. The zero-order chi connectivity index (χ0) is 14.8. The number of sulfonamides is 1. The molecule has 1 aliphatic carbocycles. The summed E-state index contributed by atoms with van der Waals surface area (Å²) in [5.74, 6) is 0.844. The molecule has 1 aliphatic rings. The van der Waals surface area contributed by atoms with E-state index in [1.807, 2.05) is 6.92 Å². The molecule has 1 saturated carbocycles. The van der Waals surface area contributed by atoms with Crippen LogP contribution in [-0.2, 0) is 15.9 Å². The van der Waals surface area contributed by atoms with Gasteiger partial charge in [-0.3, -0.25) is 0 Å². The fourth-order valence-electron chi connectivity index (χ4n) is 2.24. The summed E-state index contributed by atoms with van der Waals surface area (Å²) in [5.41, 5.74) is 0.697. The Balaban J connectivity index is 2.37. The normalized spacial score (nSPS) is 15.6. The van der Waals surface area contributed by atoms with Crippen molar-refractivity contribution in [2.24, 2.45) is 0 Å². The van der Waals surface area contributed by atoms with E-state index in [0.29, 0.717) is 22.8 Å². The molecule has 0 atom stereocenters. The third-order valence-corrected chi connectivity index (χ3v) is 5.64. The van der Waals surface area contributed by atoms with Crippen LogP contribution in [0.4, 0.5) is 0 Å². The Morgan fingerprint density at radius 1 is 1.40 bits per heavy atom. The molecule has 0 amide bonds. The van der Waals surface area contributed by atoms with Gasteiger partial charge in [0, 0.05) is 18.2 Å². The first-order valence-corrected chi connectivity index (χ1v) is 8.76. The molecular formula is C14H20ClNO3S. The second-order valence-corrected chi connectivity index (χ2v) is 7.11. The van der Waals surface area contributed by atoms with Gasteiger partial charge in [-0.1, -0.05) is 6.92 Å². The maximum absolute atomic E-state index is 12.7. The van der Waals surface area contributed by atoms with Crippen molar-refractivity contribution in [2.75, 3.05) is 13.7 Å². The van der Waals surface area contributed by atoms with E-state index in [-0.39, 0.29) is 11.9 Å². The highest BCUT2D eigenvalue weighted by Gasteiger charge is 2.37. The zero-order valence-electron chi connectivity index (χ0n) is 11.8. The number of alkyl halides is 1. The number of benzene rings is 1. The molecule has 4 nitrogen and oxygen atoms in total. The highest BCUT2D eigenvalue weighted by Crippen LogP contribution is 2.33. The van der Waals surface area contributed by atoms with Crippen molar-refractivity contribution >= 4 is 21.6 Å². The molecule has 0 heterocycles. The molecule has 6 heteroatoms. The van der Waals surface area contributed by atoms with Gasteiger partial charge in [0.25, 0.3) is 0 Å². The average Bonchev–Trinajstić information content (AvgIpc) is 3.28. The summed E-state index contributed by atoms with van der Waals surface area (Å²) in [4.78, 5) is 0.300. The van der Waals surface area contributed by atoms with Gasteiger partial charge < -0.3 is 4.74 Å². The fraction of sp³-hybridized carbons (Fsp3) is 0.571. The van der Waals surface area contributed by atoms with Crippen molar-refractivity contribution in [1.29, 1.82) is 0 Å². The predicted octanol–water partition coefficient (Wildman–Crippen LogP) is 3.00. The fourth-order valence-corrected chi connectivity index (χ4v) is 4.27. The Kier molecular flexibility index (Phi) is 4.94. The Bertz CT molecular complexity index is 570. The summed E-state index contributed by atoms with van der Waals surface area (Å²) < 4.78 is 32.2. The molecule has 0 bridgehead atoms. The van der Waals surface area contributed by atoms with E-state index in [9.17, 15) is 8.42 Å². The van der Waals surface area contributed by atoms with Crippen LogP contribution in [0.3, 0.4) is 0 Å². The minimum Gasteiger partial charge on any atom is -0.496 e. The van der Waals surface area contributed by atoms with E-state index >= 15 is 0 Å². The van der Waals surface area contributed by atoms with Crippen molar-refractivity contribution in [1.82, 2.24) is 4.31 Å². The molecule has 0 unspecified atom stereocenters. The topological polar surface area (TPSA) is 46.6 Å². The second kappa shape index (κ2) is 6.33. The molecule has 0 aromatic heterocycles. The van der Waals surface area contributed by atoms with Crippen molar-refractivity contribution in [3.63, 3.8) is 0 Å². The molecule has 0 saturated heterocycles. The molecule has 112 valence electrons. The van der Waals surface area contributed by atoms with Crippen LogP contribution in [-0.4, -0.2) is 32.4 Å². The van der Waals surface area contributed by atoms with E-state index in [4.69, 9.17) is 16.3 Å². The van der Waals surface area contributed by atoms with E-state index in [1.54, 1.807) is 29.6 Å². The standard InChI is InChI=1S/C14H20ClNO3S/c1-3-8-16(12-4-5-12)20(17,18)13-6-7-14(19-2)11(9-13)10-15/h6-7,9,12H,3-5,8,10H2,1-2H3. The number of hydrogen-bond donors (Lipinski definition) is 0. The minimum absolute atomic E-state index is 0.168. The van der Waals surface area contributed by atoms with Gasteiger partial charge >= 0.3 is 0 Å². The van der Waals surface area contributed by atoms with Gasteiger partial charge in [0.15, 0.2) is 0 Å². The van der Waals surface area contributed by atoms with E-state index < -0.39 is 10.0 Å². The van der Waals surface area contributed by atoms with Gasteiger partial charge in [0.1, 0.15) is 5.75 Å². The quantitative estimate of drug-likeness (QED) is 0.726. The van der Waals surface area contributed by atoms with Crippen LogP contribution < -0.4 is 4.74 Å². The summed E-state index contributed by atoms with van der Waals surface area (Å²) in [6.07, 6.45) is 2.73. The van der Waals surface area contributed by atoms with Gasteiger partial charge in [-0.25, -0.2) is 8.42 Å². The third-order valence-electron chi connectivity index (χ3n) is 3.40. The van der Waals surface area contributed by atoms with Crippen LogP contribution in [0.15, 0.2) is 23.1 Å². The van der Waals surface area contributed by atoms with Gasteiger partial charge in [0.2, 0.25) is 10.0 Å². The van der Waals surface area contributed by atoms with Gasteiger partial charge in [-0.15, -0.1) is 11.6 Å². The Hall–Kier alpha value is -0.780. The van der Waals surface area contributed by atoms with Crippen molar-refractivity contribution in [2.45, 2.75) is 43.0 Å². The predicted molar refractivity (Wildman–Crippen MR) is 79.8 cm³/mol. The number of rotatable bonds is 7. The zero-order valence-corrected chi connectivity index (χ0v) is 13.4. The summed E-state index contributed by atoms with van der Waals surface area (Å²) in [5, 5.41) is 0. The second-order valence-electron chi connectivity index (χ2n) is 4.95. The Labute approximate surface area is 125 Å². The lowest BCUT2D eigenvalue weighted by molar-refractivity contribution is 0.401. The van der Waals surface area contributed by atoms with Crippen LogP contribution >= 0.6 is 11.6 Å². The number of hydrogen-bond acceptors (Lipinski definition) is 3. The maximum atomic E-state index is 12.7. The molecule has 0 spiro atoms. The largest absolute Gasteiger partial charge is 0.496 e. The first-order chi connectivity index (χ1) is 9.54. The molecule has 0 aliphatic heterocycles. The molecule has 0 N–H and O–H groups in total. The lowest BCUT2D eigenvalue weighted by atomic mass is 10.2. The van der Waals surface area contributed by atoms with Gasteiger partial charge in [-0.05, 0) is 37.5 Å². The van der Waals surface area contributed by atoms with Crippen LogP contribution in [0.2, 0.25) is 0 Å². The molecular weight excluding hydrogens is 298 g/mol. The monoisotopic (exact) mass is 317 g/mol. The molecule has 1 fully saturated rings. The smallest absolute Gasteiger partial charge is 0.243 e. The van der Waals surface area contributed by atoms with E-state index in [1.165, 1.54) is 0 Å². The molecule has 1 aromatic rings. The van der Waals surface area contributed by atoms with Gasteiger partial charge in [0.05, 0.1) is 17.9 Å². The number of halogens is 1. The Morgan fingerprint density at radius 3 is 2.60 bits per heavy atom. The number of ether oxygens (including phenoxy) is 1. The van der Waals surface area contributed by atoms with Gasteiger partial charge in [-0.2, -0.15) is 4.31 Å². The van der Waals surface area contributed by atoms with Crippen molar-refractivity contribution in [3.05, 3.63) is 23.8 Å². The summed E-state index contributed by atoms with van der Waals surface area (Å²) in [7, 11) is -1.89. The molecule has 0 radical (unpaired) electrons. The van der Waals surface area contributed by atoms with Crippen molar-refractivity contribution < 1.29 is 13.2 Å². The Morgan fingerprint density at radius 2 is 2.10 bits per heavy atom. The van der Waals surface area contributed by atoms with Crippen LogP contribution in [0.5, 0.6) is 5.75 Å². The SMILES string of the molecule is CCCN(C1CC1)S(=O)(=O)c1ccc(OC)c(CCl)c1. The lowest BCUT2D eigenvalue weighted by Gasteiger charge is -2.21. The minimum atomic E-state index is -3.44. The first-order valence-electron chi connectivity index (χ1n) is 6.79.